The van der Waals surface area contributed by atoms with E-state index in [2.05, 4.69) is 9.84 Å². The Morgan fingerprint density at radius 2 is 2.18 bits per heavy atom. The summed E-state index contributed by atoms with van der Waals surface area (Å²) < 4.78 is 14.9. The first-order valence-corrected chi connectivity index (χ1v) is 6.35. The van der Waals surface area contributed by atoms with Gasteiger partial charge in [0, 0.05) is 24.2 Å². The Balaban J connectivity index is 2.08. The molecule has 0 saturated carbocycles. The van der Waals surface area contributed by atoms with Gasteiger partial charge < -0.3 is 10.2 Å². The van der Waals surface area contributed by atoms with Crippen LogP contribution in [0.5, 0.6) is 0 Å². The number of rotatable bonds is 4. The molecule has 0 saturated heterocycles. The van der Waals surface area contributed by atoms with Gasteiger partial charge >= 0.3 is 8.25 Å². The Morgan fingerprint density at radius 3 is 2.88 bits per heavy atom. The number of fused-ring (bicyclic) bond motifs is 1. The number of nitrogens with zero attached hydrogens (tertiary/aromatic N) is 1. The van der Waals surface area contributed by atoms with Crippen molar-refractivity contribution in [2.45, 2.75) is 6.42 Å². The van der Waals surface area contributed by atoms with Gasteiger partial charge in [-0.2, -0.15) is 0 Å². The molecule has 2 N–H and O–H groups in total. The molecule has 0 bridgehead atoms. The zero-order valence-electron chi connectivity index (χ0n) is 9.01. The van der Waals surface area contributed by atoms with Gasteiger partial charge in [0.25, 0.3) is 10.9 Å². The summed E-state index contributed by atoms with van der Waals surface area (Å²) in [6, 6.07) is 0. The fourth-order valence-corrected chi connectivity index (χ4v) is 2.13. The zero-order chi connectivity index (χ0) is 12.4. The molecule has 0 amide bonds. The summed E-state index contributed by atoms with van der Waals surface area (Å²) >= 11 is 0. The van der Waals surface area contributed by atoms with Crippen molar-refractivity contribution in [3.05, 3.63) is 20.4 Å². The normalized spacial score (nSPS) is 16.3. The van der Waals surface area contributed by atoms with Gasteiger partial charge in [-0.05, 0) is 6.42 Å². The maximum atomic E-state index is 11.4. The molecular formula is C9H12N2O5P+. The van der Waals surface area contributed by atoms with Gasteiger partial charge in [0.05, 0.1) is 0 Å². The van der Waals surface area contributed by atoms with Crippen LogP contribution in [0.25, 0.3) is 0 Å². The van der Waals surface area contributed by atoms with Crippen molar-refractivity contribution < 1.29 is 14.0 Å². The van der Waals surface area contributed by atoms with Gasteiger partial charge in [-0.25, -0.2) is 0 Å². The van der Waals surface area contributed by atoms with E-state index in [1.54, 1.807) is 4.90 Å². The lowest BCUT2D eigenvalue weighted by atomic mass is 10.1. The monoisotopic (exact) mass is 259 g/mol. The number of hydrogen-bond donors (Lipinski definition) is 2. The Labute approximate surface area is 97.6 Å². The number of nitrogens with one attached hydrogen (secondary N) is 1. The van der Waals surface area contributed by atoms with Crippen LogP contribution in [0.2, 0.25) is 0 Å². The SMILES string of the molecule is O=c1c2c(c1=O)N(CCO[P+](=O)O)CCCN2. The quantitative estimate of drug-likeness (QED) is 0.559. The van der Waals surface area contributed by atoms with Crippen LogP contribution in [-0.2, 0) is 9.09 Å². The van der Waals surface area contributed by atoms with Crippen LogP contribution in [0.1, 0.15) is 6.42 Å². The molecule has 1 atom stereocenters. The largest absolute Gasteiger partial charge is 0.694 e. The lowest BCUT2D eigenvalue weighted by Gasteiger charge is -2.23. The molecule has 0 radical (unpaired) electrons. The van der Waals surface area contributed by atoms with Crippen LogP contribution in [0.4, 0.5) is 11.4 Å². The molecule has 0 spiro atoms. The van der Waals surface area contributed by atoms with Crippen molar-refractivity contribution in [3.63, 3.8) is 0 Å². The van der Waals surface area contributed by atoms with Crippen molar-refractivity contribution in [3.8, 4) is 0 Å². The molecule has 1 aromatic carbocycles. The molecule has 7 nitrogen and oxygen atoms in total. The highest BCUT2D eigenvalue weighted by atomic mass is 31.1. The first-order valence-electron chi connectivity index (χ1n) is 5.22. The molecule has 1 unspecified atom stereocenters. The minimum atomic E-state index is -2.62. The minimum absolute atomic E-state index is 0.0456. The number of hydrogen-bond acceptors (Lipinski definition) is 6. The topological polar surface area (TPSA) is 95.9 Å². The van der Waals surface area contributed by atoms with Crippen molar-refractivity contribution in [2.75, 3.05) is 36.5 Å². The average molecular weight is 259 g/mol. The van der Waals surface area contributed by atoms with Gasteiger partial charge in [-0.1, -0.05) is 0 Å². The lowest BCUT2D eigenvalue weighted by molar-refractivity contribution is 0.287. The van der Waals surface area contributed by atoms with Gasteiger partial charge in [0.1, 0.15) is 18.0 Å². The molecule has 1 aliphatic rings. The van der Waals surface area contributed by atoms with E-state index in [1.165, 1.54) is 0 Å². The molecule has 92 valence electrons. The first-order chi connectivity index (χ1) is 8.11. The molecular weight excluding hydrogens is 247 g/mol. The van der Waals surface area contributed by atoms with E-state index in [-0.39, 0.29) is 6.61 Å². The predicted octanol–water partition coefficient (Wildman–Crippen LogP) is -0.429. The highest BCUT2D eigenvalue weighted by molar-refractivity contribution is 7.32. The zero-order valence-corrected chi connectivity index (χ0v) is 9.90. The van der Waals surface area contributed by atoms with Crippen molar-refractivity contribution >= 4 is 19.6 Å². The molecule has 1 heterocycles. The summed E-state index contributed by atoms with van der Waals surface area (Å²) in [5.74, 6) is 0. The van der Waals surface area contributed by atoms with Gasteiger partial charge in [0.15, 0.2) is 0 Å². The maximum absolute atomic E-state index is 11.4. The van der Waals surface area contributed by atoms with E-state index in [0.29, 0.717) is 31.0 Å². The van der Waals surface area contributed by atoms with Gasteiger partial charge in [-0.3, -0.25) is 9.59 Å². The minimum Gasteiger partial charge on any atom is -0.380 e. The van der Waals surface area contributed by atoms with Crippen molar-refractivity contribution in [1.29, 1.82) is 0 Å². The third kappa shape index (κ3) is 2.36. The molecule has 0 fully saturated rings. The molecule has 1 aliphatic heterocycles. The highest BCUT2D eigenvalue weighted by Gasteiger charge is 2.28. The van der Waals surface area contributed by atoms with Crippen LogP contribution in [-0.4, -0.2) is 31.1 Å². The third-order valence-corrected chi connectivity index (χ3v) is 3.07. The van der Waals surface area contributed by atoms with Crippen LogP contribution in [0, 0.1) is 0 Å². The maximum Gasteiger partial charge on any atom is 0.694 e. The Hall–Kier alpha value is -1.30. The molecule has 17 heavy (non-hydrogen) atoms. The van der Waals surface area contributed by atoms with E-state index in [1.807, 2.05) is 0 Å². The Morgan fingerprint density at radius 1 is 1.41 bits per heavy atom. The molecule has 1 aromatic rings. The van der Waals surface area contributed by atoms with Crippen LogP contribution >= 0.6 is 8.25 Å². The lowest BCUT2D eigenvalue weighted by Crippen LogP contribution is -2.42. The molecule has 0 aromatic heterocycles. The van der Waals surface area contributed by atoms with E-state index < -0.39 is 19.1 Å². The summed E-state index contributed by atoms with van der Waals surface area (Å²) in [5, 5.41) is 2.91. The fraction of sp³-hybridized carbons (Fsp3) is 0.556. The van der Waals surface area contributed by atoms with E-state index in [9.17, 15) is 14.2 Å². The van der Waals surface area contributed by atoms with E-state index in [4.69, 9.17) is 4.89 Å². The summed E-state index contributed by atoms with van der Waals surface area (Å²) in [7, 11) is -2.62. The molecule has 8 heteroatoms. The van der Waals surface area contributed by atoms with Crippen molar-refractivity contribution in [1.82, 2.24) is 0 Å². The summed E-state index contributed by atoms with van der Waals surface area (Å²) in [5.41, 5.74) is -0.242. The predicted molar refractivity (Wildman–Crippen MR) is 62.5 cm³/mol. The van der Waals surface area contributed by atoms with Gasteiger partial charge in [0.2, 0.25) is 0 Å². The Bertz CT molecular complexity index is 508. The van der Waals surface area contributed by atoms with Crippen LogP contribution in [0.15, 0.2) is 9.59 Å². The summed E-state index contributed by atoms with van der Waals surface area (Å²) in [4.78, 5) is 32.9. The molecule has 2 rings (SSSR count). The Kier molecular flexibility index (Phi) is 3.51. The number of anilines is 2. The first kappa shape index (κ1) is 12.2. The third-order valence-electron chi connectivity index (χ3n) is 2.67. The summed E-state index contributed by atoms with van der Waals surface area (Å²) in [6.45, 7) is 1.63. The highest BCUT2D eigenvalue weighted by Crippen LogP contribution is 2.23. The molecule has 0 aliphatic carbocycles. The van der Waals surface area contributed by atoms with E-state index >= 15 is 0 Å². The fourth-order valence-electron chi connectivity index (χ4n) is 1.89. The second-order valence-corrected chi connectivity index (χ2v) is 4.45. The van der Waals surface area contributed by atoms with E-state index in [0.717, 1.165) is 6.42 Å². The van der Waals surface area contributed by atoms with Crippen LogP contribution < -0.4 is 21.1 Å². The van der Waals surface area contributed by atoms with Gasteiger partial charge in [-0.15, -0.1) is 9.42 Å². The van der Waals surface area contributed by atoms with Crippen molar-refractivity contribution in [2.24, 2.45) is 0 Å². The summed E-state index contributed by atoms with van der Waals surface area (Å²) in [6.07, 6.45) is 0.790. The standard InChI is InChI=1S/C9H11N2O5P/c12-8-6-7(9(8)13)11(3-1-2-10-6)4-5-16-17(14)15/h1-5H2,(H-,10,13,14,15)/p+1. The second-order valence-electron chi connectivity index (χ2n) is 3.72. The smallest absolute Gasteiger partial charge is 0.380 e. The second kappa shape index (κ2) is 4.91. The van der Waals surface area contributed by atoms with Crippen LogP contribution in [0.3, 0.4) is 0 Å². The average Bonchev–Trinajstić information content (AvgIpc) is 2.48.